The van der Waals surface area contributed by atoms with Crippen molar-refractivity contribution in [3.05, 3.63) is 71.5 Å². The van der Waals surface area contributed by atoms with Crippen LogP contribution in [0, 0.1) is 5.82 Å². The van der Waals surface area contributed by atoms with Gasteiger partial charge in [0.05, 0.1) is 6.42 Å². The van der Waals surface area contributed by atoms with Gasteiger partial charge in [-0.3, -0.25) is 9.59 Å². The molecule has 1 N–H and O–H groups in total. The number of carbonyl (C=O) groups is 2. The van der Waals surface area contributed by atoms with Crippen molar-refractivity contribution in [1.29, 1.82) is 0 Å². The van der Waals surface area contributed by atoms with Gasteiger partial charge in [0.25, 0.3) is 5.91 Å². The third-order valence-corrected chi connectivity index (χ3v) is 4.52. The van der Waals surface area contributed by atoms with E-state index in [1.807, 2.05) is 18.2 Å². The van der Waals surface area contributed by atoms with E-state index < -0.39 is 0 Å². The minimum atomic E-state index is -0.346. The quantitative estimate of drug-likeness (QED) is 0.930. The molecular weight excluding hydrogens is 319 g/mol. The summed E-state index contributed by atoms with van der Waals surface area (Å²) in [4.78, 5) is 26.3. The summed E-state index contributed by atoms with van der Waals surface area (Å²) in [6.07, 6.45) is 1.50. The zero-order valence-corrected chi connectivity index (χ0v) is 14.0. The molecule has 1 saturated heterocycles. The van der Waals surface area contributed by atoms with Crippen LogP contribution >= 0.6 is 0 Å². The molecule has 2 amide bonds. The molecule has 1 fully saturated rings. The maximum Gasteiger partial charge on any atom is 0.251 e. The van der Waals surface area contributed by atoms with Gasteiger partial charge in [-0.05, 0) is 36.6 Å². The summed E-state index contributed by atoms with van der Waals surface area (Å²) >= 11 is 0. The molecule has 0 aliphatic carbocycles. The van der Waals surface area contributed by atoms with Crippen LogP contribution in [0.5, 0.6) is 0 Å². The van der Waals surface area contributed by atoms with Gasteiger partial charge in [-0.25, -0.2) is 4.39 Å². The topological polar surface area (TPSA) is 49.4 Å². The number of hydrogen-bond donors (Lipinski definition) is 1. The van der Waals surface area contributed by atoms with Gasteiger partial charge >= 0.3 is 0 Å². The second-order valence-electron chi connectivity index (χ2n) is 6.26. The van der Waals surface area contributed by atoms with Crippen molar-refractivity contribution in [2.75, 3.05) is 13.1 Å². The Kier molecular flexibility index (Phi) is 5.43. The lowest BCUT2D eigenvalue weighted by Crippen LogP contribution is -2.47. The molecule has 4 nitrogen and oxygen atoms in total. The van der Waals surface area contributed by atoms with Crippen LogP contribution in [0.1, 0.15) is 28.8 Å². The van der Waals surface area contributed by atoms with Crippen molar-refractivity contribution in [3.63, 3.8) is 0 Å². The maximum atomic E-state index is 13.7. The first-order valence-electron chi connectivity index (χ1n) is 8.50. The molecule has 0 saturated carbocycles. The van der Waals surface area contributed by atoms with Crippen molar-refractivity contribution in [2.45, 2.75) is 25.3 Å². The number of rotatable bonds is 4. The van der Waals surface area contributed by atoms with E-state index in [-0.39, 0.29) is 30.1 Å². The fraction of sp³-hybridized carbons (Fsp3) is 0.300. The molecule has 2 aromatic rings. The van der Waals surface area contributed by atoms with Gasteiger partial charge in [0.1, 0.15) is 5.82 Å². The molecule has 0 unspecified atom stereocenters. The first-order chi connectivity index (χ1) is 12.1. The highest BCUT2D eigenvalue weighted by Crippen LogP contribution is 2.14. The van der Waals surface area contributed by atoms with E-state index in [0.717, 1.165) is 0 Å². The number of nitrogens with zero attached hydrogens (tertiary/aromatic N) is 1. The van der Waals surface area contributed by atoms with Crippen molar-refractivity contribution in [2.24, 2.45) is 0 Å². The molecule has 25 heavy (non-hydrogen) atoms. The van der Waals surface area contributed by atoms with Crippen LogP contribution in [0.25, 0.3) is 0 Å². The van der Waals surface area contributed by atoms with Gasteiger partial charge in [-0.1, -0.05) is 36.4 Å². The Bertz CT molecular complexity index is 740. The predicted molar refractivity (Wildman–Crippen MR) is 93.6 cm³/mol. The molecule has 0 aromatic heterocycles. The SMILES string of the molecule is O=C(NC1CCN(C(=O)Cc2ccccc2F)CC1)c1ccccc1. The number of nitrogens with one attached hydrogen (secondary N) is 1. The minimum absolute atomic E-state index is 0.0604. The van der Waals surface area contributed by atoms with Crippen molar-refractivity contribution in [3.8, 4) is 0 Å². The van der Waals surface area contributed by atoms with E-state index in [1.54, 1.807) is 35.2 Å². The normalized spacial score (nSPS) is 15.0. The van der Waals surface area contributed by atoms with Crippen LogP contribution in [0.2, 0.25) is 0 Å². The van der Waals surface area contributed by atoms with E-state index >= 15 is 0 Å². The number of amides is 2. The third kappa shape index (κ3) is 4.44. The molecule has 0 atom stereocenters. The highest BCUT2D eigenvalue weighted by atomic mass is 19.1. The summed E-state index contributed by atoms with van der Waals surface area (Å²) in [5.74, 6) is -0.504. The van der Waals surface area contributed by atoms with E-state index in [2.05, 4.69) is 5.32 Å². The van der Waals surface area contributed by atoms with Crippen molar-refractivity contribution >= 4 is 11.8 Å². The molecule has 0 bridgehead atoms. The second kappa shape index (κ2) is 7.92. The van der Waals surface area contributed by atoms with Crippen molar-refractivity contribution in [1.82, 2.24) is 10.2 Å². The second-order valence-corrected chi connectivity index (χ2v) is 6.26. The van der Waals surface area contributed by atoms with Gasteiger partial charge in [-0.2, -0.15) is 0 Å². The zero-order chi connectivity index (χ0) is 17.6. The monoisotopic (exact) mass is 340 g/mol. The lowest BCUT2D eigenvalue weighted by Gasteiger charge is -2.32. The maximum absolute atomic E-state index is 13.7. The summed E-state index contributed by atoms with van der Waals surface area (Å²) < 4.78 is 13.7. The molecule has 3 rings (SSSR count). The van der Waals surface area contributed by atoms with Crippen LogP contribution in [-0.2, 0) is 11.2 Å². The number of carbonyl (C=O) groups excluding carboxylic acids is 2. The van der Waals surface area contributed by atoms with Gasteiger partial charge in [0.15, 0.2) is 0 Å². The zero-order valence-electron chi connectivity index (χ0n) is 14.0. The number of hydrogen-bond acceptors (Lipinski definition) is 2. The first-order valence-corrected chi connectivity index (χ1v) is 8.50. The van der Waals surface area contributed by atoms with Gasteiger partial charge < -0.3 is 10.2 Å². The highest BCUT2D eigenvalue weighted by Gasteiger charge is 2.24. The summed E-state index contributed by atoms with van der Waals surface area (Å²) in [6, 6.07) is 15.5. The fourth-order valence-corrected chi connectivity index (χ4v) is 3.05. The molecule has 1 aliphatic rings. The average molecular weight is 340 g/mol. The van der Waals surface area contributed by atoms with Gasteiger partial charge in [0.2, 0.25) is 5.91 Å². The Labute approximate surface area is 146 Å². The fourth-order valence-electron chi connectivity index (χ4n) is 3.05. The Hall–Kier alpha value is -2.69. The molecule has 130 valence electrons. The number of halogens is 1. The predicted octanol–water partition coefficient (Wildman–Crippen LogP) is 2.79. The lowest BCUT2D eigenvalue weighted by atomic mass is 10.0. The summed E-state index contributed by atoms with van der Waals surface area (Å²) in [7, 11) is 0. The van der Waals surface area contributed by atoms with Crippen LogP contribution in [0.15, 0.2) is 54.6 Å². The smallest absolute Gasteiger partial charge is 0.251 e. The van der Waals surface area contributed by atoms with E-state index in [9.17, 15) is 14.0 Å². The lowest BCUT2D eigenvalue weighted by molar-refractivity contribution is -0.131. The summed E-state index contributed by atoms with van der Waals surface area (Å²) in [6.45, 7) is 1.15. The van der Waals surface area contributed by atoms with Crippen molar-refractivity contribution < 1.29 is 14.0 Å². The largest absolute Gasteiger partial charge is 0.349 e. The highest BCUT2D eigenvalue weighted by molar-refractivity contribution is 5.94. The number of benzene rings is 2. The number of piperidine rings is 1. The Balaban J connectivity index is 1.49. The van der Waals surface area contributed by atoms with Gasteiger partial charge in [-0.15, -0.1) is 0 Å². The number of likely N-dealkylation sites (tertiary alicyclic amines) is 1. The van der Waals surface area contributed by atoms with Crippen LogP contribution in [-0.4, -0.2) is 35.8 Å². The summed E-state index contributed by atoms with van der Waals surface area (Å²) in [5.41, 5.74) is 1.06. The molecule has 1 aliphatic heterocycles. The average Bonchev–Trinajstić information content (AvgIpc) is 2.65. The van der Waals surface area contributed by atoms with Crippen LogP contribution in [0.3, 0.4) is 0 Å². The minimum Gasteiger partial charge on any atom is -0.349 e. The molecule has 2 aromatic carbocycles. The summed E-state index contributed by atoms with van der Waals surface area (Å²) in [5, 5.41) is 3.02. The Morgan fingerprint density at radius 1 is 1.00 bits per heavy atom. The molecule has 0 radical (unpaired) electrons. The van der Waals surface area contributed by atoms with Gasteiger partial charge in [0, 0.05) is 24.7 Å². The Morgan fingerprint density at radius 2 is 1.64 bits per heavy atom. The van der Waals surface area contributed by atoms with Crippen LogP contribution in [0.4, 0.5) is 4.39 Å². The van der Waals surface area contributed by atoms with E-state index in [0.29, 0.717) is 37.1 Å². The third-order valence-electron chi connectivity index (χ3n) is 4.52. The van der Waals surface area contributed by atoms with E-state index in [1.165, 1.54) is 6.07 Å². The molecule has 1 heterocycles. The molecule has 0 spiro atoms. The Morgan fingerprint density at radius 3 is 2.32 bits per heavy atom. The first kappa shape index (κ1) is 17.1. The molecular formula is C20H21FN2O2. The molecule has 5 heteroatoms. The standard InChI is InChI=1S/C20H21FN2O2/c21-18-9-5-4-8-16(18)14-19(24)23-12-10-17(11-13-23)22-20(25)15-6-2-1-3-7-15/h1-9,17H,10-14H2,(H,22,25). The van der Waals surface area contributed by atoms with E-state index in [4.69, 9.17) is 0 Å². The van der Waals surface area contributed by atoms with Crippen LogP contribution < -0.4 is 5.32 Å².